The van der Waals surface area contributed by atoms with Gasteiger partial charge in [-0.3, -0.25) is 9.59 Å². The number of alkyl halides is 3. The summed E-state index contributed by atoms with van der Waals surface area (Å²) in [5.74, 6) is -1.95. The maximum atomic E-state index is 12.9. The fraction of sp³-hybridized carbons (Fsp3) is 0.424. The van der Waals surface area contributed by atoms with Gasteiger partial charge in [0.1, 0.15) is 24.4 Å². The molecule has 3 rings (SSSR count). The molecule has 1 amide bonds. The van der Waals surface area contributed by atoms with E-state index in [0.29, 0.717) is 55.4 Å². The Kier molecular flexibility index (Phi) is 14.1. The summed E-state index contributed by atoms with van der Waals surface area (Å²) >= 11 is 0. The number of aliphatic hydroxyl groups excluding tert-OH is 1. The van der Waals surface area contributed by atoms with Crippen molar-refractivity contribution in [3.8, 4) is 5.75 Å². The highest BCUT2D eigenvalue weighted by molar-refractivity contribution is 5.96. The monoisotopic (exact) mass is 632 g/mol. The fourth-order valence-corrected chi connectivity index (χ4v) is 4.83. The Morgan fingerprint density at radius 1 is 0.978 bits per heavy atom. The summed E-state index contributed by atoms with van der Waals surface area (Å²) in [5.41, 5.74) is 2.05. The number of benzene rings is 2. The van der Waals surface area contributed by atoms with Gasteiger partial charge in [-0.25, -0.2) is 4.79 Å². The number of amides is 1. The summed E-state index contributed by atoms with van der Waals surface area (Å²) in [6.07, 6.45) is 0.832. The zero-order valence-electron chi connectivity index (χ0n) is 25.0. The van der Waals surface area contributed by atoms with Crippen LogP contribution in [0.1, 0.15) is 66.1 Å². The van der Waals surface area contributed by atoms with E-state index in [0.717, 1.165) is 37.8 Å². The number of ketones is 1. The largest absolute Gasteiger partial charge is 0.498 e. The van der Waals surface area contributed by atoms with Crippen molar-refractivity contribution in [2.24, 2.45) is 0 Å². The van der Waals surface area contributed by atoms with Crippen LogP contribution in [-0.4, -0.2) is 66.1 Å². The molecule has 0 aliphatic carbocycles. The predicted octanol–water partition coefficient (Wildman–Crippen LogP) is 5.40. The van der Waals surface area contributed by atoms with Crippen LogP contribution in [0.3, 0.4) is 0 Å². The van der Waals surface area contributed by atoms with Gasteiger partial charge < -0.3 is 29.5 Å². The summed E-state index contributed by atoms with van der Waals surface area (Å²) < 4.78 is 50.5. The topological polar surface area (TPSA) is 114 Å². The molecule has 1 aliphatic rings. The van der Waals surface area contributed by atoms with E-state index in [-0.39, 0.29) is 24.7 Å². The minimum Gasteiger partial charge on any atom is -0.498 e. The van der Waals surface area contributed by atoms with Gasteiger partial charge in [0.25, 0.3) is 0 Å². The van der Waals surface area contributed by atoms with E-state index >= 15 is 0 Å². The lowest BCUT2D eigenvalue weighted by Gasteiger charge is -2.29. The Labute approximate surface area is 260 Å². The number of Topliss-reactive ketones (excluding diaryl/α,β-unsaturated/α-hetero) is 1. The van der Waals surface area contributed by atoms with Gasteiger partial charge in [0.05, 0.1) is 18.9 Å². The summed E-state index contributed by atoms with van der Waals surface area (Å²) in [7, 11) is 0. The first-order valence-corrected chi connectivity index (χ1v) is 14.8. The molecule has 1 aliphatic heterocycles. The van der Waals surface area contributed by atoms with Crippen molar-refractivity contribution in [1.82, 2.24) is 10.2 Å². The Morgan fingerprint density at radius 3 is 2.29 bits per heavy atom. The summed E-state index contributed by atoms with van der Waals surface area (Å²) in [6.45, 7) is 5.91. The molecule has 2 aromatic rings. The fourth-order valence-electron chi connectivity index (χ4n) is 4.83. The number of hydrogen-bond acceptors (Lipinski definition) is 8. The normalized spacial score (nSPS) is 14.9. The van der Waals surface area contributed by atoms with Gasteiger partial charge in [-0.05, 0) is 74.2 Å². The molecule has 2 N–H and O–H groups in total. The van der Waals surface area contributed by atoms with Gasteiger partial charge in [-0.1, -0.05) is 30.8 Å². The van der Waals surface area contributed by atoms with Gasteiger partial charge in [-0.2, -0.15) is 13.2 Å². The van der Waals surface area contributed by atoms with Crippen molar-refractivity contribution in [2.75, 3.05) is 26.2 Å². The number of nitrogens with one attached hydrogen (secondary N) is 1. The van der Waals surface area contributed by atoms with Crippen LogP contribution in [-0.2, 0) is 25.5 Å². The molecule has 1 saturated heterocycles. The van der Waals surface area contributed by atoms with E-state index in [4.69, 9.17) is 9.47 Å². The molecule has 9 nitrogen and oxygen atoms in total. The van der Waals surface area contributed by atoms with E-state index in [1.54, 1.807) is 48.5 Å². The zero-order chi connectivity index (χ0) is 32.7. The van der Waals surface area contributed by atoms with Crippen LogP contribution in [0.2, 0.25) is 0 Å². The molecule has 1 fully saturated rings. The van der Waals surface area contributed by atoms with Crippen LogP contribution in [0.5, 0.6) is 5.75 Å². The molecule has 45 heavy (non-hydrogen) atoms. The van der Waals surface area contributed by atoms with Crippen LogP contribution in [0.15, 0.2) is 73.9 Å². The van der Waals surface area contributed by atoms with Crippen LogP contribution in [0, 0.1) is 0 Å². The molecule has 1 heterocycles. The minimum atomic E-state index is -5.08. The van der Waals surface area contributed by atoms with Crippen LogP contribution >= 0.6 is 0 Å². The van der Waals surface area contributed by atoms with Crippen molar-refractivity contribution in [1.29, 1.82) is 0 Å². The van der Waals surface area contributed by atoms with E-state index in [1.807, 2.05) is 0 Å². The summed E-state index contributed by atoms with van der Waals surface area (Å²) in [6, 6.07) is 13.4. The van der Waals surface area contributed by atoms with Crippen molar-refractivity contribution in [2.45, 2.75) is 63.3 Å². The Morgan fingerprint density at radius 2 is 1.64 bits per heavy atom. The number of carbonyl (C=O) groups is 3. The number of ether oxygens (including phenoxy) is 3. The SMILES string of the molecule is C=COc1ccc(C(=O)CCCCC(=O)N[C@H](CN2CCCC2)[C@H](O)c2ccc(CCO/C=C\OC(=O)C(F)(F)F)cc2)cc1. The second kappa shape index (κ2) is 18.0. The van der Waals surface area contributed by atoms with Crippen molar-refractivity contribution in [3.63, 3.8) is 0 Å². The first-order valence-electron chi connectivity index (χ1n) is 14.8. The Balaban J connectivity index is 1.46. The molecule has 0 spiro atoms. The van der Waals surface area contributed by atoms with Crippen LogP contribution in [0.4, 0.5) is 13.2 Å². The second-order valence-electron chi connectivity index (χ2n) is 10.6. The zero-order valence-corrected chi connectivity index (χ0v) is 25.0. The number of halogens is 3. The third-order valence-electron chi connectivity index (χ3n) is 7.22. The highest BCUT2D eigenvalue weighted by Gasteiger charge is 2.40. The quantitative estimate of drug-likeness (QED) is 0.0972. The van der Waals surface area contributed by atoms with E-state index in [2.05, 4.69) is 21.5 Å². The number of rotatable bonds is 18. The maximum absolute atomic E-state index is 12.9. The van der Waals surface area contributed by atoms with E-state index in [9.17, 15) is 32.7 Å². The Hall–Kier alpha value is -4.16. The van der Waals surface area contributed by atoms with Gasteiger partial charge in [0.15, 0.2) is 5.78 Å². The van der Waals surface area contributed by atoms with Gasteiger partial charge in [0, 0.05) is 31.4 Å². The van der Waals surface area contributed by atoms with Crippen LogP contribution in [0.25, 0.3) is 0 Å². The first-order chi connectivity index (χ1) is 21.6. The molecule has 0 radical (unpaired) electrons. The highest BCUT2D eigenvalue weighted by atomic mass is 19.4. The number of esters is 1. The van der Waals surface area contributed by atoms with Crippen molar-refractivity contribution in [3.05, 3.63) is 90.6 Å². The standard InChI is InChI=1S/C33H39F3N2O7/c1-2-44-27-15-13-25(14-16-27)29(39)7-3-4-8-30(40)37-28(23-38-18-5-6-19-38)31(41)26-11-9-24(10-12-26)17-20-43-21-22-45-32(42)33(34,35)36/h2,9-16,21-22,28,31,41H,1,3-8,17-20,23H2,(H,37,40)/b22-21-/t28-,31-/m1/s1. The number of unbranched alkanes of at least 4 members (excludes halogenated alkanes) is 1. The second-order valence-corrected chi connectivity index (χ2v) is 10.6. The van der Waals surface area contributed by atoms with Gasteiger partial charge >= 0.3 is 12.1 Å². The number of hydrogen-bond donors (Lipinski definition) is 2. The predicted molar refractivity (Wildman–Crippen MR) is 160 cm³/mol. The number of likely N-dealkylation sites (tertiary alicyclic amines) is 1. The van der Waals surface area contributed by atoms with Gasteiger partial charge in [0.2, 0.25) is 5.91 Å². The molecule has 0 bridgehead atoms. The summed E-state index contributed by atoms with van der Waals surface area (Å²) in [5, 5.41) is 14.2. The molecule has 2 atom stereocenters. The van der Waals surface area contributed by atoms with E-state index in [1.165, 1.54) is 6.26 Å². The molecule has 0 unspecified atom stereocenters. The first kappa shape index (κ1) is 35.3. The third-order valence-corrected chi connectivity index (χ3v) is 7.22. The lowest BCUT2D eigenvalue weighted by Crippen LogP contribution is -2.46. The molecule has 244 valence electrons. The molecular weight excluding hydrogens is 593 g/mol. The lowest BCUT2D eigenvalue weighted by molar-refractivity contribution is -0.193. The molecule has 0 aromatic heterocycles. The average molecular weight is 633 g/mol. The van der Waals surface area contributed by atoms with Crippen LogP contribution < -0.4 is 10.1 Å². The van der Waals surface area contributed by atoms with Crippen molar-refractivity contribution >= 4 is 17.7 Å². The maximum Gasteiger partial charge on any atom is 0.491 e. The number of aliphatic hydroxyl groups is 1. The smallest absolute Gasteiger partial charge is 0.491 e. The third kappa shape index (κ3) is 12.4. The average Bonchev–Trinajstić information content (AvgIpc) is 3.53. The molecule has 2 aromatic carbocycles. The number of nitrogens with zero attached hydrogens (tertiary/aromatic N) is 1. The molecule has 12 heteroatoms. The van der Waals surface area contributed by atoms with Gasteiger partial charge in [-0.15, -0.1) is 0 Å². The highest BCUT2D eigenvalue weighted by Crippen LogP contribution is 2.21. The van der Waals surface area contributed by atoms with Crippen molar-refractivity contribution < 1.29 is 46.9 Å². The summed E-state index contributed by atoms with van der Waals surface area (Å²) in [4.78, 5) is 38.2. The minimum absolute atomic E-state index is 0.0131. The molecular formula is C33H39F3N2O7. The van der Waals surface area contributed by atoms with E-state index < -0.39 is 24.3 Å². The molecule has 0 saturated carbocycles. The Bertz CT molecular complexity index is 1270. The lowest BCUT2D eigenvalue weighted by atomic mass is 9.99. The number of carbonyl (C=O) groups excluding carboxylic acids is 3.